The molecule has 2 atom stereocenters. The van der Waals surface area contributed by atoms with Crippen LogP contribution in [0.1, 0.15) is 31.7 Å². The minimum absolute atomic E-state index is 0.0288. The highest BCUT2D eigenvalue weighted by molar-refractivity contribution is 5.90. The third-order valence-electron chi connectivity index (χ3n) is 4.36. The number of ether oxygens (including phenoxy) is 1. The molecule has 10 heteroatoms. The first-order chi connectivity index (χ1) is 12.1. The van der Waals surface area contributed by atoms with E-state index < -0.39 is 35.4 Å². The maximum atomic E-state index is 13.9. The summed E-state index contributed by atoms with van der Waals surface area (Å²) in [5.74, 6) is -2.77. The fraction of sp³-hybridized carbons (Fsp3) is 0.500. The van der Waals surface area contributed by atoms with E-state index in [0.29, 0.717) is 18.4 Å². The number of benzene rings is 1. The molecule has 6 nitrogen and oxygen atoms in total. The average molecular weight is 375 g/mol. The Hall–Kier alpha value is -2.36. The first kappa shape index (κ1) is 18.4. The number of nitrogens with one attached hydrogen (secondary N) is 3. The zero-order valence-electron chi connectivity index (χ0n) is 13.7. The van der Waals surface area contributed by atoms with Gasteiger partial charge in [-0.15, -0.1) is 13.2 Å². The molecule has 3 N–H and O–H groups in total. The number of alkyl halides is 3. The molecule has 1 saturated heterocycles. The minimum atomic E-state index is -4.99. The molecule has 1 aliphatic carbocycles. The topological polar surface area (TPSA) is 79.5 Å². The zero-order chi connectivity index (χ0) is 19.1. The van der Waals surface area contributed by atoms with Crippen molar-refractivity contribution in [2.24, 2.45) is 0 Å². The quantitative estimate of drug-likeness (QED) is 0.700. The van der Waals surface area contributed by atoms with Crippen molar-refractivity contribution < 1.29 is 31.9 Å². The van der Waals surface area contributed by atoms with Crippen molar-refractivity contribution in [3.63, 3.8) is 0 Å². The molecule has 2 fully saturated rings. The molecule has 0 radical (unpaired) electrons. The van der Waals surface area contributed by atoms with Gasteiger partial charge in [0.25, 0.3) is 0 Å². The van der Waals surface area contributed by atoms with Crippen molar-refractivity contribution in [1.29, 1.82) is 0 Å². The van der Waals surface area contributed by atoms with E-state index in [4.69, 9.17) is 0 Å². The van der Waals surface area contributed by atoms with Gasteiger partial charge >= 0.3 is 6.36 Å². The van der Waals surface area contributed by atoms with E-state index >= 15 is 0 Å². The van der Waals surface area contributed by atoms with Crippen LogP contribution in [0.4, 0.5) is 17.6 Å². The summed E-state index contributed by atoms with van der Waals surface area (Å²) in [6.45, 7) is 1.69. The minimum Gasteiger partial charge on any atom is -0.403 e. The van der Waals surface area contributed by atoms with Gasteiger partial charge in [-0.2, -0.15) is 0 Å². The summed E-state index contributed by atoms with van der Waals surface area (Å²) in [6.07, 6.45) is -4.34. The Morgan fingerprint density at radius 3 is 2.58 bits per heavy atom. The molecule has 2 amide bonds. The van der Waals surface area contributed by atoms with E-state index in [1.165, 1.54) is 6.07 Å². The molecule has 0 spiro atoms. The van der Waals surface area contributed by atoms with Crippen LogP contribution in [0.5, 0.6) is 5.75 Å². The summed E-state index contributed by atoms with van der Waals surface area (Å²) in [5, 5.41) is 8.33. The molecule has 0 bridgehead atoms. The molecule has 1 heterocycles. The second-order valence-electron chi connectivity index (χ2n) is 6.48. The smallest absolute Gasteiger partial charge is 0.403 e. The third-order valence-corrected chi connectivity index (χ3v) is 4.36. The molecular formula is C16H17F4N3O3. The second kappa shape index (κ2) is 6.42. The number of amides is 2. The van der Waals surface area contributed by atoms with Crippen LogP contribution in [0.3, 0.4) is 0 Å². The highest BCUT2D eigenvalue weighted by Crippen LogP contribution is 2.46. The van der Waals surface area contributed by atoms with E-state index in [1.807, 2.05) is 0 Å². The summed E-state index contributed by atoms with van der Waals surface area (Å²) in [7, 11) is 0. The van der Waals surface area contributed by atoms with E-state index in [2.05, 4.69) is 20.7 Å². The SMILES string of the molecule is CC1NC(=O)CC(C(=O)NC2(c3ccc(OC(F)(F)F)c(F)c3)CC2)N1. The lowest BCUT2D eigenvalue weighted by atomic mass is 10.0. The summed E-state index contributed by atoms with van der Waals surface area (Å²) < 4.78 is 54.2. The molecule has 2 aliphatic rings. The summed E-state index contributed by atoms with van der Waals surface area (Å²) in [6, 6.07) is 2.38. The van der Waals surface area contributed by atoms with Gasteiger partial charge in [0.15, 0.2) is 11.6 Å². The molecule has 1 aromatic carbocycles. The van der Waals surface area contributed by atoms with Crippen molar-refractivity contribution in [2.75, 3.05) is 0 Å². The van der Waals surface area contributed by atoms with Crippen LogP contribution < -0.4 is 20.7 Å². The first-order valence-electron chi connectivity index (χ1n) is 8.01. The number of halogens is 4. The van der Waals surface area contributed by atoms with Gasteiger partial charge in [-0.3, -0.25) is 14.9 Å². The summed E-state index contributed by atoms with van der Waals surface area (Å²) in [4.78, 5) is 24.0. The van der Waals surface area contributed by atoms with Crippen molar-refractivity contribution in [1.82, 2.24) is 16.0 Å². The Balaban J connectivity index is 1.72. The van der Waals surface area contributed by atoms with Crippen LogP contribution in [0.25, 0.3) is 0 Å². The Labute approximate surface area is 146 Å². The van der Waals surface area contributed by atoms with Gasteiger partial charge in [0.1, 0.15) is 0 Å². The van der Waals surface area contributed by atoms with Crippen LogP contribution >= 0.6 is 0 Å². The van der Waals surface area contributed by atoms with Gasteiger partial charge in [0, 0.05) is 0 Å². The lowest BCUT2D eigenvalue weighted by molar-refractivity contribution is -0.275. The van der Waals surface area contributed by atoms with E-state index in [0.717, 1.165) is 12.1 Å². The van der Waals surface area contributed by atoms with Crippen molar-refractivity contribution in [2.45, 2.75) is 50.3 Å². The Morgan fingerprint density at radius 2 is 2.04 bits per heavy atom. The lowest BCUT2D eigenvalue weighted by Crippen LogP contribution is -2.60. The number of rotatable bonds is 4. The van der Waals surface area contributed by atoms with E-state index in [1.54, 1.807) is 6.92 Å². The van der Waals surface area contributed by atoms with Crippen LogP contribution in [0.2, 0.25) is 0 Å². The predicted molar refractivity (Wildman–Crippen MR) is 81.3 cm³/mol. The summed E-state index contributed by atoms with van der Waals surface area (Å²) >= 11 is 0. The Morgan fingerprint density at radius 1 is 1.35 bits per heavy atom. The van der Waals surface area contributed by atoms with Crippen molar-refractivity contribution in [3.8, 4) is 5.75 Å². The Kier molecular flexibility index (Phi) is 4.55. The van der Waals surface area contributed by atoms with Gasteiger partial charge in [0.2, 0.25) is 11.8 Å². The van der Waals surface area contributed by atoms with Crippen molar-refractivity contribution in [3.05, 3.63) is 29.6 Å². The molecule has 26 heavy (non-hydrogen) atoms. The maximum Gasteiger partial charge on any atom is 0.573 e. The molecule has 0 aromatic heterocycles. The largest absolute Gasteiger partial charge is 0.573 e. The molecule has 3 rings (SSSR count). The fourth-order valence-electron chi connectivity index (χ4n) is 3.00. The highest BCUT2D eigenvalue weighted by atomic mass is 19.4. The Bertz CT molecular complexity index is 734. The highest BCUT2D eigenvalue weighted by Gasteiger charge is 2.47. The second-order valence-corrected chi connectivity index (χ2v) is 6.48. The third kappa shape index (κ3) is 4.06. The lowest BCUT2D eigenvalue weighted by Gasteiger charge is -2.30. The fourth-order valence-corrected chi connectivity index (χ4v) is 3.00. The zero-order valence-corrected chi connectivity index (χ0v) is 13.7. The van der Waals surface area contributed by atoms with Crippen molar-refractivity contribution >= 4 is 11.8 Å². The van der Waals surface area contributed by atoms with Crippen LogP contribution in [0.15, 0.2) is 18.2 Å². The monoisotopic (exact) mass is 375 g/mol. The molecule has 1 aliphatic heterocycles. The van der Waals surface area contributed by atoms with Gasteiger partial charge in [-0.1, -0.05) is 6.07 Å². The molecule has 1 aromatic rings. The molecule has 1 saturated carbocycles. The summed E-state index contributed by atoms with van der Waals surface area (Å²) in [5.41, 5.74) is -0.487. The molecule has 2 unspecified atom stereocenters. The van der Waals surface area contributed by atoms with E-state index in [9.17, 15) is 27.2 Å². The standard InChI is InChI=1S/C16H17F4N3O3/c1-8-21-11(7-13(24)22-8)14(25)23-15(4-5-15)9-2-3-12(10(17)6-9)26-16(18,19)20/h2-3,6,8,11,21H,4-5,7H2,1H3,(H,22,24)(H,23,25). The van der Waals surface area contributed by atoms with Gasteiger partial charge in [-0.05, 0) is 37.5 Å². The van der Waals surface area contributed by atoms with Gasteiger partial charge < -0.3 is 15.4 Å². The van der Waals surface area contributed by atoms with Crippen LogP contribution in [0, 0.1) is 5.82 Å². The first-order valence-corrected chi connectivity index (χ1v) is 8.01. The number of hydrogen-bond donors (Lipinski definition) is 3. The maximum absolute atomic E-state index is 13.9. The average Bonchev–Trinajstić information content (AvgIpc) is 3.27. The van der Waals surface area contributed by atoms with Gasteiger partial charge in [0.05, 0.1) is 24.2 Å². The van der Waals surface area contributed by atoms with Crippen LogP contribution in [-0.2, 0) is 15.1 Å². The normalized spacial score (nSPS) is 24.6. The van der Waals surface area contributed by atoms with Crippen LogP contribution in [-0.4, -0.2) is 30.4 Å². The van der Waals surface area contributed by atoms with E-state index in [-0.39, 0.29) is 18.5 Å². The number of carbonyl (C=O) groups is 2. The molecular weight excluding hydrogens is 358 g/mol. The van der Waals surface area contributed by atoms with Gasteiger partial charge in [-0.25, -0.2) is 4.39 Å². The number of hydrogen-bond acceptors (Lipinski definition) is 4. The number of carbonyl (C=O) groups excluding carboxylic acids is 2. The predicted octanol–water partition coefficient (Wildman–Crippen LogP) is 1.65. The molecule has 142 valence electrons.